The fourth-order valence-electron chi connectivity index (χ4n) is 4.97. The SMILES string of the molecule is CCn1nc(-c2nc(-c3ccc(CCC(=O)Oc4cc(C)ccn4)cc3C)no2)c2c1CC(C)(C)CC2. The molecule has 1 aliphatic carbocycles. The summed E-state index contributed by atoms with van der Waals surface area (Å²) in [6.07, 6.45) is 5.54. The summed E-state index contributed by atoms with van der Waals surface area (Å²) >= 11 is 0. The first-order valence-corrected chi connectivity index (χ1v) is 12.9. The molecule has 0 bridgehead atoms. The Hall–Kier alpha value is -3.81. The van der Waals surface area contributed by atoms with Crippen molar-refractivity contribution < 1.29 is 14.1 Å². The number of benzene rings is 1. The molecule has 0 amide bonds. The summed E-state index contributed by atoms with van der Waals surface area (Å²) in [6.45, 7) is 11.5. The zero-order chi connectivity index (χ0) is 26.2. The van der Waals surface area contributed by atoms with Gasteiger partial charge in [-0.25, -0.2) is 4.98 Å². The predicted octanol–water partition coefficient (Wildman–Crippen LogP) is 5.68. The van der Waals surface area contributed by atoms with Gasteiger partial charge in [0, 0.05) is 35.6 Å². The maximum atomic E-state index is 12.3. The molecule has 0 spiro atoms. The number of esters is 1. The van der Waals surface area contributed by atoms with Crippen LogP contribution >= 0.6 is 0 Å². The second-order valence-corrected chi connectivity index (χ2v) is 10.6. The molecule has 4 aromatic rings. The quantitative estimate of drug-likeness (QED) is 0.302. The molecule has 5 rings (SSSR count). The van der Waals surface area contributed by atoms with Gasteiger partial charge < -0.3 is 9.26 Å². The first kappa shape index (κ1) is 24.9. The molecule has 3 heterocycles. The summed E-state index contributed by atoms with van der Waals surface area (Å²) in [4.78, 5) is 21.1. The molecule has 8 heteroatoms. The highest BCUT2D eigenvalue weighted by Crippen LogP contribution is 2.39. The normalized spacial score (nSPS) is 14.4. The number of pyridine rings is 1. The molecule has 1 aromatic carbocycles. The average molecular weight is 500 g/mol. The van der Waals surface area contributed by atoms with E-state index in [0.717, 1.165) is 53.8 Å². The van der Waals surface area contributed by atoms with Crippen LogP contribution in [-0.2, 0) is 30.6 Å². The van der Waals surface area contributed by atoms with Gasteiger partial charge in [-0.2, -0.15) is 10.1 Å². The number of carbonyl (C=O) groups is 1. The Morgan fingerprint density at radius 3 is 2.78 bits per heavy atom. The fourth-order valence-corrected chi connectivity index (χ4v) is 4.97. The van der Waals surface area contributed by atoms with Gasteiger partial charge in [0.05, 0.1) is 6.42 Å². The summed E-state index contributed by atoms with van der Waals surface area (Å²) in [6, 6.07) is 9.64. The lowest BCUT2D eigenvalue weighted by Gasteiger charge is -2.30. The maximum Gasteiger partial charge on any atom is 0.312 e. The molecular formula is C29H33N5O3. The van der Waals surface area contributed by atoms with E-state index in [4.69, 9.17) is 19.3 Å². The van der Waals surface area contributed by atoms with Gasteiger partial charge in [-0.15, -0.1) is 0 Å². The molecule has 0 unspecified atom stereocenters. The van der Waals surface area contributed by atoms with E-state index in [1.807, 2.05) is 32.0 Å². The molecular weight excluding hydrogens is 466 g/mol. The van der Waals surface area contributed by atoms with E-state index in [9.17, 15) is 4.79 Å². The van der Waals surface area contributed by atoms with E-state index in [2.05, 4.69) is 41.7 Å². The molecule has 0 aliphatic heterocycles. The second kappa shape index (κ2) is 9.92. The van der Waals surface area contributed by atoms with Crippen molar-refractivity contribution >= 4 is 5.97 Å². The molecule has 0 N–H and O–H groups in total. The number of ether oxygens (including phenoxy) is 1. The number of aryl methyl sites for hydroxylation is 4. The Kier molecular flexibility index (Phi) is 6.67. The fraction of sp³-hybridized carbons (Fsp3) is 0.414. The number of hydrogen-bond acceptors (Lipinski definition) is 7. The van der Waals surface area contributed by atoms with Gasteiger partial charge in [0.1, 0.15) is 0 Å². The smallest absolute Gasteiger partial charge is 0.312 e. The Balaban J connectivity index is 1.29. The van der Waals surface area contributed by atoms with Gasteiger partial charge in [-0.3, -0.25) is 9.48 Å². The zero-order valence-corrected chi connectivity index (χ0v) is 22.2. The van der Waals surface area contributed by atoms with Crippen molar-refractivity contribution in [1.82, 2.24) is 24.9 Å². The highest BCUT2D eigenvalue weighted by molar-refractivity contribution is 5.72. The van der Waals surface area contributed by atoms with E-state index < -0.39 is 0 Å². The number of aromatic nitrogens is 5. The van der Waals surface area contributed by atoms with Gasteiger partial charge in [0.2, 0.25) is 11.7 Å². The summed E-state index contributed by atoms with van der Waals surface area (Å²) in [5, 5.41) is 9.12. The zero-order valence-electron chi connectivity index (χ0n) is 22.2. The van der Waals surface area contributed by atoms with Crippen molar-refractivity contribution in [2.45, 2.75) is 73.3 Å². The minimum atomic E-state index is -0.305. The van der Waals surface area contributed by atoms with E-state index in [-0.39, 0.29) is 17.8 Å². The molecule has 0 atom stereocenters. The van der Waals surface area contributed by atoms with Crippen LogP contribution in [0.3, 0.4) is 0 Å². The molecule has 8 nitrogen and oxygen atoms in total. The van der Waals surface area contributed by atoms with E-state index in [1.165, 1.54) is 11.3 Å². The van der Waals surface area contributed by atoms with Crippen LogP contribution in [0, 0.1) is 19.3 Å². The van der Waals surface area contributed by atoms with Crippen LogP contribution in [-0.4, -0.2) is 30.9 Å². The molecule has 0 radical (unpaired) electrons. The predicted molar refractivity (Wildman–Crippen MR) is 140 cm³/mol. The Bertz CT molecular complexity index is 1450. The Labute approximate surface area is 217 Å². The summed E-state index contributed by atoms with van der Waals surface area (Å²) in [5.41, 5.74) is 7.54. The van der Waals surface area contributed by atoms with Crippen LogP contribution in [0.25, 0.3) is 23.0 Å². The van der Waals surface area contributed by atoms with Crippen LogP contribution < -0.4 is 4.74 Å². The lowest BCUT2D eigenvalue weighted by molar-refractivity contribution is -0.134. The van der Waals surface area contributed by atoms with Crippen molar-refractivity contribution in [3.8, 4) is 28.9 Å². The molecule has 37 heavy (non-hydrogen) atoms. The lowest BCUT2D eigenvalue weighted by Crippen LogP contribution is -2.24. The van der Waals surface area contributed by atoms with Gasteiger partial charge in [0.15, 0.2) is 5.69 Å². The highest BCUT2D eigenvalue weighted by Gasteiger charge is 2.32. The number of nitrogens with zero attached hydrogens (tertiary/aromatic N) is 5. The van der Waals surface area contributed by atoms with Crippen molar-refractivity contribution in [3.05, 3.63) is 64.5 Å². The van der Waals surface area contributed by atoms with E-state index in [0.29, 0.717) is 24.0 Å². The summed E-state index contributed by atoms with van der Waals surface area (Å²) in [7, 11) is 0. The summed E-state index contributed by atoms with van der Waals surface area (Å²) < 4.78 is 13.1. The van der Waals surface area contributed by atoms with Crippen molar-refractivity contribution in [2.24, 2.45) is 5.41 Å². The van der Waals surface area contributed by atoms with Crippen LogP contribution in [0.4, 0.5) is 0 Å². The van der Waals surface area contributed by atoms with Gasteiger partial charge in [-0.05, 0) is 74.6 Å². The topological polar surface area (TPSA) is 95.9 Å². The third kappa shape index (κ3) is 5.33. The van der Waals surface area contributed by atoms with Crippen molar-refractivity contribution in [3.63, 3.8) is 0 Å². The first-order valence-electron chi connectivity index (χ1n) is 12.9. The standard InChI is InChI=1S/C29H33N5O3/c1-6-34-23-17-29(4,5)13-11-22(23)26(32-34)28-31-27(33-37-28)21-9-7-20(16-19(21)3)8-10-25(35)36-24-15-18(2)12-14-30-24/h7,9,12,14-16H,6,8,10-11,13,17H2,1-5H3. The van der Waals surface area contributed by atoms with Gasteiger partial charge >= 0.3 is 5.97 Å². The summed E-state index contributed by atoms with van der Waals surface area (Å²) in [5.74, 6) is 1.04. The highest BCUT2D eigenvalue weighted by atomic mass is 16.5. The maximum absolute atomic E-state index is 12.3. The number of carbonyl (C=O) groups excluding carboxylic acids is 1. The molecule has 3 aromatic heterocycles. The Morgan fingerprint density at radius 2 is 2.03 bits per heavy atom. The van der Waals surface area contributed by atoms with Crippen LogP contribution in [0.5, 0.6) is 5.88 Å². The third-order valence-electron chi connectivity index (χ3n) is 7.05. The minimum Gasteiger partial charge on any atom is -0.407 e. The van der Waals surface area contributed by atoms with E-state index >= 15 is 0 Å². The molecule has 1 aliphatic rings. The van der Waals surface area contributed by atoms with E-state index in [1.54, 1.807) is 12.3 Å². The second-order valence-electron chi connectivity index (χ2n) is 10.6. The number of fused-ring (bicyclic) bond motifs is 1. The van der Waals surface area contributed by atoms with Crippen molar-refractivity contribution in [2.75, 3.05) is 0 Å². The molecule has 192 valence electrons. The number of hydrogen-bond donors (Lipinski definition) is 0. The van der Waals surface area contributed by atoms with Crippen LogP contribution in [0.15, 0.2) is 41.1 Å². The average Bonchev–Trinajstić information content (AvgIpc) is 3.46. The largest absolute Gasteiger partial charge is 0.407 e. The number of rotatable bonds is 7. The van der Waals surface area contributed by atoms with Gasteiger partial charge in [-0.1, -0.05) is 37.2 Å². The van der Waals surface area contributed by atoms with Gasteiger partial charge in [0.25, 0.3) is 5.89 Å². The monoisotopic (exact) mass is 499 g/mol. The van der Waals surface area contributed by atoms with Crippen molar-refractivity contribution in [1.29, 1.82) is 0 Å². The first-order chi connectivity index (χ1) is 17.7. The third-order valence-corrected chi connectivity index (χ3v) is 7.05. The Morgan fingerprint density at radius 1 is 1.19 bits per heavy atom. The lowest BCUT2D eigenvalue weighted by atomic mass is 9.76. The molecule has 0 saturated carbocycles. The van der Waals surface area contributed by atoms with Crippen LogP contribution in [0.1, 0.15) is 61.6 Å². The minimum absolute atomic E-state index is 0.267. The molecule has 0 saturated heterocycles. The molecule has 0 fully saturated rings. The van der Waals surface area contributed by atoms with Crippen LogP contribution in [0.2, 0.25) is 0 Å².